The normalized spacial score (nSPS) is 11.0. The highest BCUT2D eigenvalue weighted by Crippen LogP contribution is 2.25. The Morgan fingerprint density at radius 2 is 2.04 bits per heavy atom. The summed E-state index contributed by atoms with van der Waals surface area (Å²) in [6.07, 6.45) is 2.38. The average molecular weight is 355 g/mol. The van der Waals surface area contributed by atoms with Crippen LogP contribution in [-0.4, -0.2) is 27.1 Å². The predicted octanol–water partition coefficient (Wildman–Crippen LogP) is 3.65. The van der Waals surface area contributed by atoms with Gasteiger partial charge in [0.15, 0.2) is 11.6 Å². The Morgan fingerprint density at radius 1 is 1.15 bits per heavy atom. The van der Waals surface area contributed by atoms with Crippen LogP contribution >= 0.6 is 0 Å². The molecule has 0 fully saturated rings. The van der Waals surface area contributed by atoms with Crippen LogP contribution in [0, 0.1) is 11.6 Å². The molecular weight excluding hydrogens is 340 g/mol. The molecule has 2 heterocycles. The molecule has 0 bridgehead atoms. The summed E-state index contributed by atoms with van der Waals surface area (Å²) in [7, 11) is 1.55. The molecule has 0 aliphatic heterocycles. The van der Waals surface area contributed by atoms with Gasteiger partial charge in [-0.15, -0.1) is 0 Å². The topological polar surface area (TPSA) is 67.8 Å². The summed E-state index contributed by atoms with van der Waals surface area (Å²) < 4.78 is 33.3. The smallest absolute Gasteiger partial charge is 0.182 e. The van der Waals surface area contributed by atoms with Gasteiger partial charge in [0, 0.05) is 23.2 Å². The molecule has 0 saturated carbocycles. The lowest BCUT2D eigenvalue weighted by molar-refractivity contribution is 0.409. The molecule has 0 saturated heterocycles. The molecule has 6 nitrogen and oxygen atoms in total. The maximum Gasteiger partial charge on any atom is 0.182 e. The van der Waals surface area contributed by atoms with E-state index in [-0.39, 0.29) is 5.82 Å². The van der Waals surface area contributed by atoms with Gasteiger partial charge >= 0.3 is 0 Å². The highest BCUT2D eigenvalue weighted by molar-refractivity contribution is 5.88. The number of nitrogens with one attached hydrogen (secondary N) is 2. The average Bonchev–Trinajstić information content (AvgIpc) is 3.25. The summed E-state index contributed by atoms with van der Waals surface area (Å²) in [6, 6.07) is 9.99. The number of ether oxygens (including phenoxy) is 1. The number of H-pyrrole nitrogens is 1. The van der Waals surface area contributed by atoms with Crippen molar-refractivity contribution in [2.45, 2.75) is 6.54 Å². The van der Waals surface area contributed by atoms with Gasteiger partial charge in [0.25, 0.3) is 0 Å². The van der Waals surface area contributed by atoms with Crippen LogP contribution in [0.4, 0.5) is 14.5 Å². The molecule has 0 radical (unpaired) electrons. The van der Waals surface area contributed by atoms with Crippen LogP contribution in [0.2, 0.25) is 0 Å². The quantitative estimate of drug-likeness (QED) is 0.573. The van der Waals surface area contributed by atoms with Crippen molar-refractivity contribution >= 4 is 16.6 Å². The monoisotopic (exact) mass is 355 g/mol. The highest BCUT2D eigenvalue weighted by Gasteiger charge is 2.11. The third-order valence-corrected chi connectivity index (χ3v) is 4.04. The number of benzene rings is 2. The van der Waals surface area contributed by atoms with E-state index >= 15 is 0 Å². The third kappa shape index (κ3) is 2.97. The minimum atomic E-state index is -0.436. The van der Waals surface area contributed by atoms with Crippen molar-refractivity contribution in [3.05, 3.63) is 66.0 Å². The number of hydrogen-bond acceptors (Lipinski definition) is 4. The minimum absolute atomic E-state index is 0.323. The summed E-state index contributed by atoms with van der Waals surface area (Å²) in [5.41, 5.74) is 2.30. The van der Waals surface area contributed by atoms with Crippen LogP contribution < -0.4 is 10.1 Å². The number of methoxy groups -OCH3 is 1. The second-order valence-electron chi connectivity index (χ2n) is 5.72. The predicted molar refractivity (Wildman–Crippen MR) is 93.5 cm³/mol. The molecule has 0 aliphatic rings. The van der Waals surface area contributed by atoms with Crippen molar-refractivity contribution in [3.63, 3.8) is 0 Å². The molecule has 26 heavy (non-hydrogen) atoms. The zero-order chi connectivity index (χ0) is 18.1. The van der Waals surface area contributed by atoms with Gasteiger partial charge < -0.3 is 10.1 Å². The second-order valence-corrected chi connectivity index (χ2v) is 5.72. The highest BCUT2D eigenvalue weighted by atomic mass is 19.1. The Kier molecular flexibility index (Phi) is 4.00. The van der Waals surface area contributed by atoms with Crippen molar-refractivity contribution in [2.24, 2.45) is 0 Å². The van der Waals surface area contributed by atoms with E-state index in [0.717, 1.165) is 22.8 Å². The number of aromatic amines is 1. The molecule has 0 aliphatic carbocycles. The van der Waals surface area contributed by atoms with Gasteiger partial charge in [-0.1, -0.05) is 0 Å². The van der Waals surface area contributed by atoms with Crippen molar-refractivity contribution in [2.75, 3.05) is 12.4 Å². The number of fused-ring (bicyclic) bond motifs is 1. The molecule has 0 unspecified atom stereocenters. The molecule has 8 heteroatoms. The van der Waals surface area contributed by atoms with E-state index < -0.39 is 5.82 Å². The number of rotatable bonds is 5. The third-order valence-electron chi connectivity index (χ3n) is 4.04. The first kappa shape index (κ1) is 16.1. The summed E-state index contributed by atoms with van der Waals surface area (Å²) >= 11 is 0. The van der Waals surface area contributed by atoms with Crippen LogP contribution in [0.15, 0.2) is 48.8 Å². The van der Waals surface area contributed by atoms with Crippen LogP contribution in [0.1, 0.15) is 5.56 Å². The van der Waals surface area contributed by atoms with E-state index in [2.05, 4.69) is 20.6 Å². The molecule has 4 aromatic rings. The molecule has 2 aromatic heterocycles. The Labute approximate surface area is 147 Å². The van der Waals surface area contributed by atoms with Crippen molar-refractivity contribution in [1.82, 2.24) is 20.0 Å². The largest absolute Gasteiger partial charge is 0.496 e. The first-order valence-electron chi connectivity index (χ1n) is 7.89. The van der Waals surface area contributed by atoms with Crippen LogP contribution in [0.5, 0.6) is 5.75 Å². The molecule has 0 atom stereocenters. The SMILES string of the molecule is COc1ccc(F)cc1CNc1ccc2[nH]nc(-n3cc(F)cn3)c2c1. The summed E-state index contributed by atoms with van der Waals surface area (Å²) in [4.78, 5) is 0. The van der Waals surface area contributed by atoms with E-state index in [0.29, 0.717) is 23.7 Å². The molecule has 0 amide bonds. The molecule has 4 rings (SSSR count). The summed E-state index contributed by atoms with van der Waals surface area (Å²) in [6.45, 7) is 0.385. The van der Waals surface area contributed by atoms with Gasteiger partial charge in [0.2, 0.25) is 0 Å². The van der Waals surface area contributed by atoms with E-state index in [1.54, 1.807) is 13.2 Å². The summed E-state index contributed by atoms with van der Waals surface area (Å²) in [5, 5.41) is 15.0. The van der Waals surface area contributed by atoms with Gasteiger partial charge in [-0.2, -0.15) is 10.2 Å². The van der Waals surface area contributed by atoms with Crippen molar-refractivity contribution < 1.29 is 13.5 Å². The van der Waals surface area contributed by atoms with Crippen LogP contribution in [0.25, 0.3) is 16.7 Å². The zero-order valence-electron chi connectivity index (χ0n) is 13.8. The van der Waals surface area contributed by atoms with Gasteiger partial charge in [0.1, 0.15) is 11.6 Å². The van der Waals surface area contributed by atoms with Crippen molar-refractivity contribution in [1.29, 1.82) is 0 Å². The number of aromatic nitrogens is 4. The fourth-order valence-electron chi connectivity index (χ4n) is 2.78. The zero-order valence-corrected chi connectivity index (χ0v) is 13.8. The number of halogens is 2. The maximum absolute atomic E-state index is 13.5. The molecular formula is C18H15F2N5O. The van der Waals surface area contributed by atoms with Gasteiger partial charge in [-0.25, -0.2) is 13.5 Å². The standard InChI is InChI=1S/C18H15F2N5O/c1-26-17-5-2-12(19)6-11(17)8-21-14-3-4-16-15(7-14)18(24-23-16)25-10-13(20)9-22-25/h2-7,9-10,21H,8H2,1H3,(H,23,24). The Morgan fingerprint density at radius 3 is 2.81 bits per heavy atom. The molecule has 0 spiro atoms. The van der Waals surface area contributed by atoms with E-state index in [1.165, 1.54) is 23.0 Å². The fraction of sp³-hybridized carbons (Fsp3) is 0.111. The molecule has 2 aromatic carbocycles. The first-order chi connectivity index (χ1) is 12.6. The minimum Gasteiger partial charge on any atom is -0.496 e. The Bertz CT molecular complexity index is 1070. The summed E-state index contributed by atoms with van der Waals surface area (Å²) in [5.74, 6) is 0.344. The Balaban J connectivity index is 1.63. The number of hydrogen-bond donors (Lipinski definition) is 2. The molecule has 132 valence electrons. The van der Waals surface area contributed by atoms with Crippen LogP contribution in [-0.2, 0) is 6.54 Å². The lowest BCUT2D eigenvalue weighted by Gasteiger charge is -2.11. The lowest BCUT2D eigenvalue weighted by Crippen LogP contribution is -2.02. The van der Waals surface area contributed by atoms with E-state index in [1.807, 2.05) is 18.2 Å². The van der Waals surface area contributed by atoms with Crippen molar-refractivity contribution in [3.8, 4) is 11.6 Å². The fourth-order valence-corrected chi connectivity index (χ4v) is 2.78. The van der Waals surface area contributed by atoms with E-state index in [4.69, 9.17) is 4.74 Å². The van der Waals surface area contributed by atoms with Gasteiger partial charge in [-0.05, 0) is 36.4 Å². The lowest BCUT2D eigenvalue weighted by atomic mass is 10.1. The van der Waals surface area contributed by atoms with Crippen LogP contribution in [0.3, 0.4) is 0 Å². The first-order valence-corrected chi connectivity index (χ1v) is 7.89. The second kappa shape index (κ2) is 6.47. The van der Waals surface area contributed by atoms with E-state index in [9.17, 15) is 8.78 Å². The van der Waals surface area contributed by atoms with Gasteiger partial charge in [-0.3, -0.25) is 5.10 Å². The molecule has 2 N–H and O–H groups in total. The number of anilines is 1. The number of nitrogens with zero attached hydrogens (tertiary/aromatic N) is 3. The maximum atomic E-state index is 13.5. The van der Waals surface area contributed by atoms with Gasteiger partial charge in [0.05, 0.1) is 25.0 Å². The Hall–Kier alpha value is -3.42.